The molecule has 3 rings (SSSR count). The van der Waals surface area contributed by atoms with E-state index in [4.69, 9.17) is 0 Å². The Kier molecular flexibility index (Phi) is 5.53. The van der Waals surface area contributed by atoms with Gasteiger partial charge < -0.3 is 5.32 Å². The van der Waals surface area contributed by atoms with Crippen LogP contribution >= 0.6 is 23.1 Å². The maximum absolute atomic E-state index is 12.9. The van der Waals surface area contributed by atoms with Crippen molar-refractivity contribution in [3.05, 3.63) is 65.3 Å². The van der Waals surface area contributed by atoms with Crippen molar-refractivity contribution in [3.63, 3.8) is 0 Å². The molecule has 1 N–H and O–H groups in total. The first-order valence-corrected chi connectivity index (χ1v) is 9.61. The molecule has 0 unspecified atom stereocenters. The second-order valence-electron chi connectivity index (χ2n) is 5.67. The Labute approximate surface area is 149 Å². The van der Waals surface area contributed by atoms with Gasteiger partial charge in [-0.2, -0.15) is 0 Å². The topological polar surface area (TPSA) is 29.1 Å². The third-order valence-corrected chi connectivity index (χ3v) is 5.70. The SMILES string of the molecule is C[C@@H](Cc1csc2ccccc12)NC(=O)CSc1ccc(F)cc1. The van der Waals surface area contributed by atoms with Crippen LogP contribution in [0.3, 0.4) is 0 Å². The van der Waals surface area contributed by atoms with Crippen molar-refractivity contribution in [3.8, 4) is 0 Å². The third-order valence-electron chi connectivity index (χ3n) is 3.68. The Balaban J connectivity index is 1.51. The minimum Gasteiger partial charge on any atom is -0.353 e. The second kappa shape index (κ2) is 7.81. The number of amides is 1. The number of nitrogens with one attached hydrogen (secondary N) is 1. The molecule has 24 heavy (non-hydrogen) atoms. The van der Waals surface area contributed by atoms with Gasteiger partial charge in [0.1, 0.15) is 5.82 Å². The standard InChI is InChI=1S/C19H18FNOS2/c1-13(10-14-11-24-18-5-3-2-4-17(14)18)21-19(22)12-23-16-8-6-15(20)7-9-16/h2-9,11,13H,10,12H2,1H3,(H,21,22)/t13-/m0/s1. The Morgan fingerprint density at radius 3 is 2.75 bits per heavy atom. The van der Waals surface area contributed by atoms with Gasteiger partial charge in [-0.1, -0.05) is 18.2 Å². The van der Waals surface area contributed by atoms with Gasteiger partial charge in [0, 0.05) is 15.6 Å². The molecule has 1 amide bonds. The fraction of sp³-hybridized carbons (Fsp3) is 0.211. The molecule has 0 radical (unpaired) electrons. The van der Waals surface area contributed by atoms with E-state index in [1.807, 2.05) is 19.1 Å². The van der Waals surface area contributed by atoms with Gasteiger partial charge in [0.05, 0.1) is 5.75 Å². The van der Waals surface area contributed by atoms with Crippen LogP contribution in [-0.4, -0.2) is 17.7 Å². The first kappa shape index (κ1) is 17.0. The molecule has 1 heterocycles. The fourth-order valence-corrected chi connectivity index (χ4v) is 4.25. The highest BCUT2D eigenvalue weighted by molar-refractivity contribution is 8.00. The van der Waals surface area contributed by atoms with Crippen molar-refractivity contribution in [2.75, 3.05) is 5.75 Å². The molecule has 0 spiro atoms. The lowest BCUT2D eigenvalue weighted by Gasteiger charge is -2.13. The monoisotopic (exact) mass is 359 g/mol. The number of thiophene rings is 1. The molecule has 0 bridgehead atoms. The van der Waals surface area contributed by atoms with Crippen LogP contribution in [0.4, 0.5) is 4.39 Å². The molecule has 1 aromatic heterocycles. The van der Waals surface area contributed by atoms with Gasteiger partial charge in [0.2, 0.25) is 5.91 Å². The average molecular weight is 359 g/mol. The van der Waals surface area contributed by atoms with Crippen molar-refractivity contribution in [2.45, 2.75) is 24.3 Å². The van der Waals surface area contributed by atoms with Gasteiger partial charge in [-0.15, -0.1) is 23.1 Å². The molecule has 0 aliphatic heterocycles. The number of fused-ring (bicyclic) bond motifs is 1. The minimum atomic E-state index is -0.264. The first-order chi connectivity index (χ1) is 11.6. The van der Waals surface area contributed by atoms with Crippen LogP contribution in [-0.2, 0) is 11.2 Å². The van der Waals surface area contributed by atoms with Crippen LogP contribution in [0.2, 0.25) is 0 Å². The summed E-state index contributed by atoms with van der Waals surface area (Å²) >= 11 is 3.15. The summed E-state index contributed by atoms with van der Waals surface area (Å²) in [6.07, 6.45) is 0.816. The Morgan fingerprint density at radius 1 is 1.21 bits per heavy atom. The predicted octanol–water partition coefficient (Wildman–Crippen LogP) is 4.88. The molecule has 1 atom stereocenters. The van der Waals surface area contributed by atoms with E-state index in [9.17, 15) is 9.18 Å². The molecule has 124 valence electrons. The summed E-state index contributed by atoms with van der Waals surface area (Å²) in [7, 11) is 0. The van der Waals surface area contributed by atoms with Crippen LogP contribution in [0, 0.1) is 5.82 Å². The normalized spacial score (nSPS) is 12.2. The fourth-order valence-electron chi connectivity index (χ4n) is 2.57. The van der Waals surface area contributed by atoms with E-state index < -0.39 is 0 Å². The van der Waals surface area contributed by atoms with E-state index in [-0.39, 0.29) is 17.8 Å². The summed E-state index contributed by atoms with van der Waals surface area (Å²) in [6, 6.07) is 14.6. The smallest absolute Gasteiger partial charge is 0.230 e. The number of carbonyl (C=O) groups is 1. The number of thioether (sulfide) groups is 1. The summed E-state index contributed by atoms with van der Waals surface area (Å²) in [5, 5.41) is 6.47. The highest BCUT2D eigenvalue weighted by Gasteiger charge is 2.11. The lowest BCUT2D eigenvalue weighted by Crippen LogP contribution is -2.35. The zero-order valence-corrected chi connectivity index (χ0v) is 14.9. The van der Waals surface area contributed by atoms with E-state index in [1.165, 1.54) is 39.5 Å². The minimum absolute atomic E-state index is 0.00337. The Morgan fingerprint density at radius 2 is 1.96 bits per heavy atom. The van der Waals surface area contributed by atoms with Crippen molar-refractivity contribution in [1.82, 2.24) is 5.32 Å². The molecule has 0 aliphatic rings. The molecular formula is C19H18FNOS2. The number of halogens is 1. The van der Waals surface area contributed by atoms with Crippen molar-refractivity contribution in [1.29, 1.82) is 0 Å². The summed E-state index contributed by atoms with van der Waals surface area (Å²) in [6.45, 7) is 2.02. The van der Waals surface area contributed by atoms with Crippen LogP contribution in [0.5, 0.6) is 0 Å². The summed E-state index contributed by atoms with van der Waals surface area (Å²) in [5.41, 5.74) is 1.27. The van der Waals surface area contributed by atoms with E-state index in [2.05, 4.69) is 22.8 Å². The highest BCUT2D eigenvalue weighted by atomic mass is 32.2. The largest absolute Gasteiger partial charge is 0.353 e. The first-order valence-electron chi connectivity index (χ1n) is 7.74. The summed E-state index contributed by atoms with van der Waals surface area (Å²) < 4.78 is 14.1. The molecule has 5 heteroatoms. The van der Waals surface area contributed by atoms with Crippen molar-refractivity contribution in [2.24, 2.45) is 0 Å². The van der Waals surface area contributed by atoms with Gasteiger partial charge in [-0.3, -0.25) is 4.79 Å². The summed E-state index contributed by atoms with van der Waals surface area (Å²) in [5.74, 6) is 0.0668. The number of benzene rings is 2. The summed E-state index contributed by atoms with van der Waals surface area (Å²) in [4.78, 5) is 13.0. The Hall–Kier alpha value is -1.85. The molecule has 0 saturated carbocycles. The third kappa shape index (κ3) is 4.36. The van der Waals surface area contributed by atoms with Crippen LogP contribution in [0.1, 0.15) is 12.5 Å². The van der Waals surface area contributed by atoms with Gasteiger partial charge in [0.15, 0.2) is 0 Å². The van der Waals surface area contributed by atoms with Gasteiger partial charge >= 0.3 is 0 Å². The van der Waals surface area contributed by atoms with Crippen LogP contribution in [0.15, 0.2) is 58.8 Å². The molecule has 0 aliphatic carbocycles. The lowest BCUT2D eigenvalue weighted by molar-refractivity contribution is -0.119. The van der Waals surface area contributed by atoms with E-state index in [0.717, 1.165) is 11.3 Å². The average Bonchev–Trinajstić information content (AvgIpc) is 2.97. The zero-order valence-electron chi connectivity index (χ0n) is 13.3. The van der Waals surface area contributed by atoms with E-state index in [1.54, 1.807) is 23.5 Å². The predicted molar refractivity (Wildman–Crippen MR) is 100 cm³/mol. The second-order valence-corrected chi connectivity index (χ2v) is 7.63. The molecule has 0 fully saturated rings. The van der Waals surface area contributed by atoms with E-state index >= 15 is 0 Å². The van der Waals surface area contributed by atoms with Gasteiger partial charge in [0.25, 0.3) is 0 Å². The molecule has 3 aromatic rings. The van der Waals surface area contributed by atoms with Crippen LogP contribution in [0.25, 0.3) is 10.1 Å². The number of hydrogen-bond donors (Lipinski definition) is 1. The quantitative estimate of drug-likeness (QED) is 0.636. The molecule has 2 aromatic carbocycles. The maximum Gasteiger partial charge on any atom is 0.230 e. The van der Waals surface area contributed by atoms with Crippen LogP contribution < -0.4 is 5.32 Å². The van der Waals surface area contributed by atoms with Gasteiger partial charge in [-0.05, 0) is 60.0 Å². The maximum atomic E-state index is 12.9. The van der Waals surface area contributed by atoms with E-state index in [0.29, 0.717) is 5.75 Å². The zero-order chi connectivity index (χ0) is 16.9. The Bertz CT molecular complexity index is 829. The number of hydrogen-bond acceptors (Lipinski definition) is 3. The van der Waals surface area contributed by atoms with Crippen molar-refractivity contribution < 1.29 is 9.18 Å². The number of rotatable bonds is 6. The van der Waals surface area contributed by atoms with Gasteiger partial charge in [-0.25, -0.2) is 4.39 Å². The highest BCUT2D eigenvalue weighted by Crippen LogP contribution is 2.26. The molecular weight excluding hydrogens is 341 g/mol. The molecule has 2 nitrogen and oxygen atoms in total. The lowest BCUT2D eigenvalue weighted by atomic mass is 10.1. The van der Waals surface area contributed by atoms with Crippen molar-refractivity contribution >= 4 is 39.1 Å². The number of carbonyl (C=O) groups excluding carboxylic acids is 1. The molecule has 0 saturated heterocycles.